The van der Waals surface area contributed by atoms with E-state index in [2.05, 4.69) is 26.1 Å². The zero-order valence-electron chi connectivity index (χ0n) is 4.39. The standard InChI is InChI=1S/C5H3BrN2O/c6-5-1-3-4(9-5)2-7-8-3/h1-2H,(H,7,8). The lowest BCUT2D eigenvalue weighted by Crippen LogP contribution is -1.59. The molecule has 2 aromatic rings. The highest BCUT2D eigenvalue weighted by molar-refractivity contribution is 9.10. The molecule has 4 heteroatoms. The summed E-state index contributed by atoms with van der Waals surface area (Å²) in [7, 11) is 0. The largest absolute Gasteiger partial charge is 0.446 e. The first-order chi connectivity index (χ1) is 4.36. The first-order valence-electron chi connectivity index (χ1n) is 2.45. The monoisotopic (exact) mass is 186 g/mol. The summed E-state index contributed by atoms with van der Waals surface area (Å²) in [5.41, 5.74) is 1.70. The number of halogens is 1. The fraction of sp³-hybridized carbons (Fsp3) is 0. The van der Waals surface area contributed by atoms with Gasteiger partial charge in [-0.05, 0) is 15.9 Å². The van der Waals surface area contributed by atoms with Crippen LogP contribution in [0.3, 0.4) is 0 Å². The van der Waals surface area contributed by atoms with Crippen molar-refractivity contribution in [1.29, 1.82) is 0 Å². The van der Waals surface area contributed by atoms with Crippen LogP contribution in [0, 0.1) is 0 Å². The summed E-state index contributed by atoms with van der Waals surface area (Å²) in [5, 5.41) is 6.53. The average molecular weight is 187 g/mol. The Hall–Kier alpha value is -0.770. The Morgan fingerprint density at radius 2 is 2.56 bits per heavy atom. The van der Waals surface area contributed by atoms with Gasteiger partial charge in [0.2, 0.25) is 0 Å². The molecular weight excluding hydrogens is 184 g/mol. The number of hydrogen-bond acceptors (Lipinski definition) is 2. The van der Waals surface area contributed by atoms with Gasteiger partial charge >= 0.3 is 0 Å². The van der Waals surface area contributed by atoms with Crippen LogP contribution in [0.5, 0.6) is 0 Å². The maximum Gasteiger partial charge on any atom is 0.173 e. The predicted molar refractivity (Wildman–Crippen MR) is 36.1 cm³/mol. The number of H-pyrrole nitrogens is 1. The Morgan fingerprint density at radius 3 is 3.33 bits per heavy atom. The van der Waals surface area contributed by atoms with Crippen molar-refractivity contribution in [2.75, 3.05) is 0 Å². The Kier molecular flexibility index (Phi) is 0.900. The molecule has 2 rings (SSSR count). The summed E-state index contributed by atoms with van der Waals surface area (Å²) in [6.45, 7) is 0. The van der Waals surface area contributed by atoms with Gasteiger partial charge in [-0.2, -0.15) is 5.10 Å². The minimum absolute atomic E-state index is 0.728. The highest BCUT2D eigenvalue weighted by Gasteiger charge is 1.99. The molecule has 9 heavy (non-hydrogen) atoms. The number of aromatic amines is 1. The molecule has 0 bridgehead atoms. The van der Waals surface area contributed by atoms with E-state index in [0.29, 0.717) is 0 Å². The SMILES string of the molecule is Brc1cc2[nH]ncc2o1. The van der Waals surface area contributed by atoms with Crippen LogP contribution in [0.4, 0.5) is 0 Å². The van der Waals surface area contributed by atoms with Gasteiger partial charge in [0.1, 0.15) is 5.52 Å². The Labute approximate surface area is 59.2 Å². The number of hydrogen-bond donors (Lipinski definition) is 1. The van der Waals surface area contributed by atoms with Crippen LogP contribution in [0.2, 0.25) is 0 Å². The molecule has 2 aromatic heterocycles. The topological polar surface area (TPSA) is 41.8 Å². The molecule has 0 saturated carbocycles. The molecule has 0 aliphatic rings. The average Bonchev–Trinajstić information content (AvgIpc) is 2.22. The molecule has 0 aliphatic carbocycles. The van der Waals surface area contributed by atoms with Gasteiger partial charge in [-0.1, -0.05) is 0 Å². The number of furan rings is 1. The molecule has 0 atom stereocenters. The van der Waals surface area contributed by atoms with Gasteiger partial charge < -0.3 is 4.42 Å². The number of nitrogens with one attached hydrogen (secondary N) is 1. The normalized spacial score (nSPS) is 10.8. The molecular formula is C5H3BrN2O. The van der Waals surface area contributed by atoms with Crippen molar-refractivity contribution in [2.24, 2.45) is 0 Å². The second-order valence-corrected chi connectivity index (χ2v) is 2.48. The lowest BCUT2D eigenvalue weighted by molar-refractivity contribution is 0.587. The summed E-state index contributed by atoms with van der Waals surface area (Å²) in [4.78, 5) is 0. The predicted octanol–water partition coefficient (Wildman–Crippen LogP) is 1.92. The molecule has 0 aromatic carbocycles. The minimum Gasteiger partial charge on any atom is -0.446 e. The molecule has 0 fully saturated rings. The van der Waals surface area contributed by atoms with Gasteiger partial charge in [-0.25, -0.2) is 0 Å². The Bertz CT molecular complexity index is 296. The number of aromatic nitrogens is 2. The van der Waals surface area contributed by atoms with Gasteiger partial charge in [0.05, 0.1) is 6.20 Å². The van der Waals surface area contributed by atoms with E-state index in [1.807, 2.05) is 6.07 Å². The van der Waals surface area contributed by atoms with Crippen LogP contribution in [-0.4, -0.2) is 10.2 Å². The minimum atomic E-state index is 0.728. The van der Waals surface area contributed by atoms with Crippen molar-refractivity contribution in [3.8, 4) is 0 Å². The molecule has 0 amide bonds. The molecule has 0 spiro atoms. The maximum absolute atomic E-state index is 5.13. The quantitative estimate of drug-likeness (QED) is 0.684. The third-order valence-electron chi connectivity index (χ3n) is 1.10. The molecule has 2 heterocycles. The van der Waals surface area contributed by atoms with Crippen molar-refractivity contribution in [1.82, 2.24) is 10.2 Å². The summed E-state index contributed by atoms with van der Waals surface area (Å²) in [5.74, 6) is 0. The third kappa shape index (κ3) is 0.666. The lowest BCUT2D eigenvalue weighted by atomic mass is 10.5. The second-order valence-electron chi connectivity index (χ2n) is 1.70. The van der Waals surface area contributed by atoms with Crippen molar-refractivity contribution in [2.45, 2.75) is 0 Å². The highest BCUT2D eigenvalue weighted by Crippen LogP contribution is 2.20. The Morgan fingerprint density at radius 1 is 1.67 bits per heavy atom. The van der Waals surface area contributed by atoms with Gasteiger partial charge in [-0.15, -0.1) is 0 Å². The molecule has 0 unspecified atom stereocenters. The fourth-order valence-corrected chi connectivity index (χ4v) is 1.12. The summed E-state index contributed by atoms with van der Waals surface area (Å²) in [6, 6.07) is 1.84. The smallest absolute Gasteiger partial charge is 0.173 e. The van der Waals surface area contributed by atoms with E-state index in [-0.39, 0.29) is 0 Å². The maximum atomic E-state index is 5.13. The fourth-order valence-electron chi connectivity index (χ4n) is 0.718. The summed E-state index contributed by atoms with van der Waals surface area (Å²) >= 11 is 3.19. The van der Waals surface area contributed by atoms with Crippen molar-refractivity contribution in [3.63, 3.8) is 0 Å². The number of fused-ring (bicyclic) bond motifs is 1. The van der Waals surface area contributed by atoms with E-state index in [0.717, 1.165) is 15.8 Å². The highest BCUT2D eigenvalue weighted by atomic mass is 79.9. The van der Waals surface area contributed by atoms with Gasteiger partial charge in [0.15, 0.2) is 10.3 Å². The van der Waals surface area contributed by atoms with E-state index in [9.17, 15) is 0 Å². The van der Waals surface area contributed by atoms with Gasteiger partial charge in [0, 0.05) is 6.07 Å². The summed E-state index contributed by atoms with van der Waals surface area (Å²) in [6.07, 6.45) is 1.64. The van der Waals surface area contributed by atoms with Crippen LogP contribution in [-0.2, 0) is 0 Å². The zero-order chi connectivity index (χ0) is 6.27. The zero-order valence-corrected chi connectivity index (χ0v) is 5.97. The van der Waals surface area contributed by atoms with Gasteiger partial charge in [0.25, 0.3) is 0 Å². The molecule has 3 nitrogen and oxygen atoms in total. The molecule has 0 radical (unpaired) electrons. The molecule has 0 aliphatic heterocycles. The van der Waals surface area contributed by atoms with E-state index < -0.39 is 0 Å². The summed E-state index contributed by atoms with van der Waals surface area (Å²) < 4.78 is 5.86. The van der Waals surface area contributed by atoms with Crippen LogP contribution in [0.15, 0.2) is 21.3 Å². The Balaban J connectivity index is 2.92. The molecule has 1 N–H and O–H groups in total. The number of rotatable bonds is 0. The second kappa shape index (κ2) is 1.60. The van der Waals surface area contributed by atoms with Crippen LogP contribution in [0.1, 0.15) is 0 Å². The first-order valence-corrected chi connectivity index (χ1v) is 3.24. The third-order valence-corrected chi connectivity index (χ3v) is 1.49. The van der Waals surface area contributed by atoms with E-state index in [4.69, 9.17) is 4.42 Å². The van der Waals surface area contributed by atoms with E-state index >= 15 is 0 Å². The molecule has 0 saturated heterocycles. The van der Waals surface area contributed by atoms with Gasteiger partial charge in [-0.3, -0.25) is 5.10 Å². The van der Waals surface area contributed by atoms with Crippen molar-refractivity contribution in [3.05, 3.63) is 16.9 Å². The van der Waals surface area contributed by atoms with E-state index in [1.54, 1.807) is 6.20 Å². The lowest BCUT2D eigenvalue weighted by Gasteiger charge is -1.70. The van der Waals surface area contributed by atoms with Crippen LogP contribution in [0.25, 0.3) is 11.1 Å². The van der Waals surface area contributed by atoms with Crippen molar-refractivity contribution >= 4 is 27.0 Å². The van der Waals surface area contributed by atoms with Crippen molar-refractivity contribution < 1.29 is 4.42 Å². The van der Waals surface area contributed by atoms with Crippen LogP contribution >= 0.6 is 15.9 Å². The van der Waals surface area contributed by atoms with Crippen LogP contribution < -0.4 is 0 Å². The van der Waals surface area contributed by atoms with E-state index in [1.165, 1.54) is 0 Å². The number of nitrogens with zero attached hydrogens (tertiary/aromatic N) is 1. The first kappa shape index (κ1) is 5.05. The molecule has 46 valence electrons.